The van der Waals surface area contributed by atoms with Gasteiger partial charge in [0.15, 0.2) is 0 Å². The van der Waals surface area contributed by atoms with Crippen LogP contribution in [0.2, 0.25) is 5.02 Å². The van der Waals surface area contributed by atoms with Crippen LogP contribution in [-0.4, -0.2) is 9.97 Å². The zero-order chi connectivity index (χ0) is 10.7. The van der Waals surface area contributed by atoms with Gasteiger partial charge in [-0.15, -0.1) is 11.6 Å². The van der Waals surface area contributed by atoms with E-state index >= 15 is 0 Å². The van der Waals surface area contributed by atoms with Crippen molar-refractivity contribution in [2.45, 2.75) is 5.88 Å². The highest BCUT2D eigenvalue weighted by molar-refractivity contribution is 6.30. The zero-order valence-electron chi connectivity index (χ0n) is 7.82. The molecule has 0 unspecified atom stereocenters. The Morgan fingerprint density at radius 2 is 1.80 bits per heavy atom. The monoisotopic (exact) mass is 238 g/mol. The van der Waals surface area contributed by atoms with Crippen molar-refractivity contribution in [2.75, 3.05) is 0 Å². The molecule has 4 heteroatoms. The van der Waals surface area contributed by atoms with Crippen molar-refractivity contribution in [3.8, 4) is 11.3 Å². The minimum atomic E-state index is 0.321. The third-order valence-electron chi connectivity index (χ3n) is 1.96. The lowest BCUT2D eigenvalue weighted by Crippen LogP contribution is -1.92. The Bertz CT molecular complexity index is 454. The Hall–Kier alpha value is -1.12. The van der Waals surface area contributed by atoms with Gasteiger partial charge in [0.2, 0.25) is 0 Å². The largest absolute Gasteiger partial charge is 0.240 e. The minimum absolute atomic E-state index is 0.321. The van der Waals surface area contributed by atoms with Crippen LogP contribution in [0.5, 0.6) is 0 Å². The van der Waals surface area contributed by atoms with Gasteiger partial charge < -0.3 is 0 Å². The predicted molar refractivity (Wildman–Crippen MR) is 62.0 cm³/mol. The average molecular weight is 239 g/mol. The Balaban J connectivity index is 2.40. The maximum atomic E-state index is 5.80. The molecule has 0 N–H and O–H groups in total. The van der Waals surface area contributed by atoms with Gasteiger partial charge in [0.1, 0.15) is 5.82 Å². The van der Waals surface area contributed by atoms with E-state index in [9.17, 15) is 0 Å². The fraction of sp³-hybridized carbons (Fsp3) is 0.0909. The summed E-state index contributed by atoms with van der Waals surface area (Å²) in [5.74, 6) is 0.950. The first kappa shape index (κ1) is 10.4. The highest BCUT2D eigenvalue weighted by atomic mass is 35.5. The van der Waals surface area contributed by atoms with Crippen molar-refractivity contribution in [1.82, 2.24) is 9.97 Å². The van der Waals surface area contributed by atoms with Gasteiger partial charge in [-0.25, -0.2) is 9.97 Å². The van der Waals surface area contributed by atoms with Crippen LogP contribution in [0.15, 0.2) is 36.5 Å². The summed E-state index contributed by atoms with van der Waals surface area (Å²) in [6.07, 6.45) is 1.70. The molecule has 0 fully saturated rings. The molecule has 1 aromatic heterocycles. The van der Waals surface area contributed by atoms with Gasteiger partial charge in [0.25, 0.3) is 0 Å². The quantitative estimate of drug-likeness (QED) is 0.749. The van der Waals surface area contributed by atoms with E-state index in [1.54, 1.807) is 6.20 Å². The van der Waals surface area contributed by atoms with E-state index in [4.69, 9.17) is 23.2 Å². The summed E-state index contributed by atoms with van der Waals surface area (Å²) in [4.78, 5) is 8.34. The van der Waals surface area contributed by atoms with Crippen LogP contribution in [0.1, 0.15) is 5.82 Å². The maximum absolute atomic E-state index is 5.80. The minimum Gasteiger partial charge on any atom is -0.240 e. The van der Waals surface area contributed by atoms with E-state index in [-0.39, 0.29) is 0 Å². The number of nitrogens with zero attached hydrogens (tertiary/aromatic N) is 2. The molecular weight excluding hydrogens is 231 g/mol. The van der Waals surface area contributed by atoms with Crippen molar-refractivity contribution >= 4 is 23.2 Å². The van der Waals surface area contributed by atoms with Crippen LogP contribution >= 0.6 is 23.2 Å². The zero-order valence-corrected chi connectivity index (χ0v) is 9.33. The van der Waals surface area contributed by atoms with Gasteiger partial charge in [-0.1, -0.05) is 23.7 Å². The molecule has 0 aliphatic heterocycles. The maximum Gasteiger partial charge on any atom is 0.143 e. The molecule has 2 aromatic rings. The number of rotatable bonds is 2. The average Bonchev–Trinajstić information content (AvgIpc) is 2.30. The first-order chi connectivity index (χ1) is 7.29. The number of alkyl halides is 1. The number of aromatic nitrogens is 2. The molecule has 0 spiro atoms. The summed E-state index contributed by atoms with van der Waals surface area (Å²) in [7, 11) is 0. The molecule has 0 bridgehead atoms. The van der Waals surface area contributed by atoms with Crippen LogP contribution in [0.25, 0.3) is 11.3 Å². The third-order valence-corrected chi connectivity index (χ3v) is 2.46. The van der Waals surface area contributed by atoms with Gasteiger partial charge in [0.05, 0.1) is 11.6 Å². The molecule has 0 saturated heterocycles. The number of halogens is 2. The second-order valence-electron chi connectivity index (χ2n) is 3.00. The molecule has 0 atom stereocenters. The Morgan fingerprint density at radius 3 is 2.47 bits per heavy atom. The standard InChI is InChI=1S/C11H8Cl2N2/c12-7-11-14-6-5-10(15-11)8-1-3-9(13)4-2-8/h1-6H,7H2. The smallest absolute Gasteiger partial charge is 0.143 e. The summed E-state index contributed by atoms with van der Waals surface area (Å²) < 4.78 is 0. The number of hydrogen-bond acceptors (Lipinski definition) is 2. The summed E-state index contributed by atoms with van der Waals surface area (Å²) >= 11 is 11.5. The molecule has 0 aliphatic rings. The lowest BCUT2D eigenvalue weighted by molar-refractivity contribution is 1.03. The van der Waals surface area contributed by atoms with E-state index in [0.29, 0.717) is 16.7 Å². The van der Waals surface area contributed by atoms with Crippen molar-refractivity contribution in [3.63, 3.8) is 0 Å². The molecule has 1 heterocycles. The Kier molecular flexibility index (Phi) is 3.19. The van der Waals surface area contributed by atoms with Crippen LogP contribution in [-0.2, 0) is 5.88 Å². The molecule has 76 valence electrons. The second-order valence-corrected chi connectivity index (χ2v) is 3.70. The van der Waals surface area contributed by atoms with E-state index in [2.05, 4.69) is 9.97 Å². The summed E-state index contributed by atoms with van der Waals surface area (Å²) in [5, 5.41) is 0.713. The second kappa shape index (κ2) is 4.60. The third kappa shape index (κ3) is 2.46. The molecule has 0 aliphatic carbocycles. The summed E-state index contributed by atoms with van der Waals surface area (Å²) in [5.41, 5.74) is 1.87. The molecule has 0 saturated carbocycles. The molecule has 1 aromatic carbocycles. The fourth-order valence-corrected chi connectivity index (χ4v) is 1.50. The topological polar surface area (TPSA) is 25.8 Å². The van der Waals surface area contributed by atoms with Gasteiger partial charge in [0, 0.05) is 16.8 Å². The van der Waals surface area contributed by atoms with Crippen molar-refractivity contribution < 1.29 is 0 Å². The highest BCUT2D eigenvalue weighted by Crippen LogP contribution is 2.19. The van der Waals surface area contributed by atoms with E-state index in [1.807, 2.05) is 30.3 Å². The Morgan fingerprint density at radius 1 is 1.07 bits per heavy atom. The molecular formula is C11H8Cl2N2. The summed E-state index contributed by atoms with van der Waals surface area (Å²) in [6.45, 7) is 0. The summed E-state index contributed by atoms with van der Waals surface area (Å²) in [6, 6.07) is 9.35. The molecule has 2 nitrogen and oxygen atoms in total. The fourth-order valence-electron chi connectivity index (χ4n) is 1.24. The lowest BCUT2D eigenvalue weighted by atomic mass is 10.1. The molecule has 2 rings (SSSR count). The Labute approximate surface area is 97.9 Å². The van der Waals surface area contributed by atoms with Crippen LogP contribution in [0.4, 0.5) is 0 Å². The van der Waals surface area contributed by atoms with Crippen LogP contribution < -0.4 is 0 Å². The highest BCUT2D eigenvalue weighted by Gasteiger charge is 2.00. The van der Waals surface area contributed by atoms with Crippen LogP contribution in [0.3, 0.4) is 0 Å². The molecule has 0 amide bonds. The van der Waals surface area contributed by atoms with Gasteiger partial charge >= 0.3 is 0 Å². The van der Waals surface area contributed by atoms with Crippen LogP contribution in [0, 0.1) is 0 Å². The number of hydrogen-bond donors (Lipinski definition) is 0. The van der Waals surface area contributed by atoms with E-state index in [1.165, 1.54) is 0 Å². The van der Waals surface area contributed by atoms with Gasteiger partial charge in [-0.3, -0.25) is 0 Å². The van der Waals surface area contributed by atoms with E-state index < -0.39 is 0 Å². The SMILES string of the molecule is ClCc1nccc(-c2ccc(Cl)cc2)n1. The first-order valence-corrected chi connectivity index (χ1v) is 5.34. The normalized spacial score (nSPS) is 10.3. The molecule has 15 heavy (non-hydrogen) atoms. The number of benzene rings is 1. The lowest BCUT2D eigenvalue weighted by Gasteiger charge is -2.01. The van der Waals surface area contributed by atoms with Crippen molar-refractivity contribution in [3.05, 3.63) is 47.4 Å². The van der Waals surface area contributed by atoms with Gasteiger partial charge in [-0.2, -0.15) is 0 Å². The predicted octanol–water partition coefficient (Wildman–Crippen LogP) is 3.54. The first-order valence-electron chi connectivity index (χ1n) is 4.43. The van der Waals surface area contributed by atoms with Crippen molar-refractivity contribution in [2.24, 2.45) is 0 Å². The van der Waals surface area contributed by atoms with Gasteiger partial charge in [-0.05, 0) is 18.2 Å². The molecule has 0 radical (unpaired) electrons. The van der Waals surface area contributed by atoms with Crippen molar-refractivity contribution in [1.29, 1.82) is 0 Å². The van der Waals surface area contributed by atoms with E-state index in [0.717, 1.165) is 11.3 Å².